The fraction of sp³-hybridized carbons (Fsp3) is 0.529. The van der Waals surface area contributed by atoms with Crippen molar-refractivity contribution in [2.45, 2.75) is 51.0 Å². The Labute approximate surface area is 114 Å². The third-order valence-electron chi connectivity index (χ3n) is 4.81. The molecule has 0 amide bonds. The largest absolute Gasteiger partial charge is 0.358 e. The van der Waals surface area contributed by atoms with E-state index in [1.165, 1.54) is 73.7 Å². The van der Waals surface area contributed by atoms with Crippen LogP contribution in [0, 0.1) is 0 Å². The van der Waals surface area contributed by atoms with Crippen LogP contribution in [0.25, 0.3) is 10.9 Å². The number of rotatable bonds is 2. The molecule has 2 N–H and O–H groups in total. The normalized spacial score (nSPS) is 22.8. The van der Waals surface area contributed by atoms with Crippen molar-refractivity contribution in [2.75, 3.05) is 6.54 Å². The van der Waals surface area contributed by atoms with Gasteiger partial charge in [0.25, 0.3) is 0 Å². The molecule has 1 unspecified atom stereocenters. The van der Waals surface area contributed by atoms with Crippen molar-refractivity contribution < 1.29 is 0 Å². The van der Waals surface area contributed by atoms with Gasteiger partial charge in [-0.15, -0.1) is 0 Å². The van der Waals surface area contributed by atoms with Gasteiger partial charge in [0, 0.05) is 22.6 Å². The van der Waals surface area contributed by atoms with Gasteiger partial charge in [-0.1, -0.05) is 6.07 Å². The van der Waals surface area contributed by atoms with Crippen LogP contribution < -0.4 is 5.32 Å². The molecular formula is C17H22N2. The summed E-state index contributed by atoms with van der Waals surface area (Å²) >= 11 is 0. The fourth-order valence-corrected chi connectivity index (χ4v) is 3.80. The SMILES string of the molecule is c1cc2[nH]c3c(c2cc1CC1CCCN1)CCCC3. The molecule has 1 atom stereocenters. The zero-order chi connectivity index (χ0) is 12.7. The summed E-state index contributed by atoms with van der Waals surface area (Å²) < 4.78 is 0. The molecule has 1 aromatic heterocycles. The molecule has 1 aliphatic heterocycles. The third kappa shape index (κ3) is 2.08. The Kier molecular flexibility index (Phi) is 2.84. The predicted molar refractivity (Wildman–Crippen MR) is 79.7 cm³/mol. The minimum absolute atomic E-state index is 0.701. The lowest BCUT2D eigenvalue weighted by Crippen LogP contribution is -2.23. The second-order valence-electron chi connectivity index (χ2n) is 6.17. The highest BCUT2D eigenvalue weighted by Gasteiger charge is 2.17. The number of benzene rings is 1. The van der Waals surface area contributed by atoms with Crippen LogP contribution in [0.15, 0.2) is 18.2 Å². The summed E-state index contributed by atoms with van der Waals surface area (Å²) in [6.45, 7) is 1.20. The number of aryl methyl sites for hydroxylation is 2. The summed E-state index contributed by atoms with van der Waals surface area (Å²) in [5, 5.41) is 5.09. The third-order valence-corrected chi connectivity index (χ3v) is 4.81. The number of H-pyrrole nitrogens is 1. The van der Waals surface area contributed by atoms with E-state index in [0.29, 0.717) is 6.04 Å². The molecule has 2 aromatic rings. The number of aromatic amines is 1. The molecule has 2 heterocycles. The van der Waals surface area contributed by atoms with Gasteiger partial charge in [0.2, 0.25) is 0 Å². The van der Waals surface area contributed by atoms with Crippen LogP contribution in [-0.4, -0.2) is 17.6 Å². The van der Waals surface area contributed by atoms with E-state index < -0.39 is 0 Å². The van der Waals surface area contributed by atoms with Crippen LogP contribution >= 0.6 is 0 Å². The van der Waals surface area contributed by atoms with Crippen molar-refractivity contribution in [1.82, 2.24) is 10.3 Å². The molecule has 0 bridgehead atoms. The van der Waals surface area contributed by atoms with E-state index in [1.807, 2.05) is 0 Å². The molecule has 2 aliphatic rings. The maximum absolute atomic E-state index is 3.62. The first kappa shape index (κ1) is 11.5. The summed E-state index contributed by atoms with van der Waals surface area (Å²) in [6.07, 6.45) is 9.07. The lowest BCUT2D eigenvalue weighted by Gasteiger charge is -2.12. The Morgan fingerprint density at radius 3 is 2.95 bits per heavy atom. The Balaban J connectivity index is 1.69. The molecule has 2 heteroatoms. The lowest BCUT2D eigenvalue weighted by molar-refractivity contribution is 0.603. The standard InChI is InChI=1S/C17H22N2/c1-2-6-16-14(5-1)15-11-12(7-8-17(15)19-16)10-13-4-3-9-18-13/h7-8,11,13,18-19H,1-6,9-10H2. The van der Waals surface area contributed by atoms with Crippen LogP contribution in [0.2, 0.25) is 0 Å². The average Bonchev–Trinajstić information content (AvgIpc) is 3.06. The summed E-state index contributed by atoms with van der Waals surface area (Å²) in [5.41, 5.74) is 5.94. The van der Waals surface area contributed by atoms with Gasteiger partial charge in [-0.3, -0.25) is 0 Å². The highest BCUT2D eigenvalue weighted by atomic mass is 14.9. The monoisotopic (exact) mass is 254 g/mol. The number of hydrogen-bond donors (Lipinski definition) is 2. The Bertz CT molecular complexity index is 591. The van der Waals surface area contributed by atoms with Crippen LogP contribution in [0.1, 0.15) is 42.5 Å². The first-order valence-corrected chi connectivity index (χ1v) is 7.76. The zero-order valence-electron chi connectivity index (χ0n) is 11.5. The minimum Gasteiger partial charge on any atom is -0.358 e. The highest BCUT2D eigenvalue weighted by molar-refractivity contribution is 5.85. The smallest absolute Gasteiger partial charge is 0.0459 e. The number of fused-ring (bicyclic) bond motifs is 3. The second-order valence-corrected chi connectivity index (χ2v) is 6.17. The molecule has 1 saturated heterocycles. The number of aromatic nitrogens is 1. The van der Waals surface area contributed by atoms with Gasteiger partial charge in [-0.05, 0) is 74.8 Å². The lowest BCUT2D eigenvalue weighted by atomic mass is 9.94. The summed E-state index contributed by atoms with van der Waals surface area (Å²) in [5.74, 6) is 0. The Hall–Kier alpha value is -1.28. The van der Waals surface area contributed by atoms with E-state index >= 15 is 0 Å². The van der Waals surface area contributed by atoms with Crippen LogP contribution in [0.3, 0.4) is 0 Å². The van der Waals surface area contributed by atoms with Crippen LogP contribution in [0.4, 0.5) is 0 Å². The fourth-order valence-electron chi connectivity index (χ4n) is 3.80. The van der Waals surface area contributed by atoms with Gasteiger partial charge in [-0.25, -0.2) is 0 Å². The molecule has 1 aromatic carbocycles. The highest BCUT2D eigenvalue weighted by Crippen LogP contribution is 2.30. The van der Waals surface area contributed by atoms with Crippen molar-refractivity contribution >= 4 is 10.9 Å². The van der Waals surface area contributed by atoms with Crippen molar-refractivity contribution in [3.05, 3.63) is 35.0 Å². The summed E-state index contributed by atoms with van der Waals surface area (Å²) in [4.78, 5) is 3.62. The molecule has 2 nitrogen and oxygen atoms in total. The average molecular weight is 254 g/mol. The van der Waals surface area contributed by atoms with Crippen molar-refractivity contribution in [2.24, 2.45) is 0 Å². The molecule has 0 saturated carbocycles. The molecule has 19 heavy (non-hydrogen) atoms. The van der Waals surface area contributed by atoms with Crippen LogP contribution in [-0.2, 0) is 19.3 Å². The van der Waals surface area contributed by atoms with Gasteiger partial charge in [0.15, 0.2) is 0 Å². The van der Waals surface area contributed by atoms with E-state index in [1.54, 1.807) is 5.56 Å². The number of hydrogen-bond acceptors (Lipinski definition) is 1. The van der Waals surface area contributed by atoms with Crippen LogP contribution in [0.5, 0.6) is 0 Å². The summed E-state index contributed by atoms with van der Waals surface area (Å²) in [6, 6.07) is 7.74. The van der Waals surface area contributed by atoms with Gasteiger partial charge in [0.05, 0.1) is 0 Å². The number of nitrogens with one attached hydrogen (secondary N) is 2. The van der Waals surface area contributed by atoms with Crippen molar-refractivity contribution in [1.29, 1.82) is 0 Å². The maximum atomic E-state index is 3.62. The zero-order valence-corrected chi connectivity index (χ0v) is 11.5. The van der Waals surface area contributed by atoms with Gasteiger partial charge >= 0.3 is 0 Å². The van der Waals surface area contributed by atoms with E-state index in [2.05, 4.69) is 28.5 Å². The molecule has 1 aliphatic carbocycles. The molecule has 4 rings (SSSR count). The van der Waals surface area contributed by atoms with Gasteiger partial charge in [-0.2, -0.15) is 0 Å². The predicted octanol–water partition coefficient (Wildman–Crippen LogP) is 3.34. The molecule has 0 radical (unpaired) electrons. The first-order chi connectivity index (χ1) is 9.40. The molecule has 1 fully saturated rings. The topological polar surface area (TPSA) is 27.8 Å². The first-order valence-electron chi connectivity index (χ1n) is 7.76. The van der Waals surface area contributed by atoms with Gasteiger partial charge in [0.1, 0.15) is 0 Å². The van der Waals surface area contributed by atoms with Gasteiger partial charge < -0.3 is 10.3 Å². The second kappa shape index (κ2) is 4.68. The van der Waals surface area contributed by atoms with E-state index in [9.17, 15) is 0 Å². The van der Waals surface area contributed by atoms with E-state index in [4.69, 9.17) is 0 Å². The quantitative estimate of drug-likeness (QED) is 0.845. The summed E-state index contributed by atoms with van der Waals surface area (Å²) in [7, 11) is 0. The molecule has 0 spiro atoms. The van der Waals surface area contributed by atoms with E-state index in [-0.39, 0.29) is 0 Å². The van der Waals surface area contributed by atoms with E-state index in [0.717, 1.165) is 0 Å². The molecule has 100 valence electrons. The minimum atomic E-state index is 0.701. The van der Waals surface area contributed by atoms with Crippen molar-refractivity contribution in [3.63, 3.8) is 0 Å². The Morgan fingerprint density at radius 1 is 1.11 bits per heavy atom. The van der Waals surface area contributed by atoms with Crippen molar-refractivity contribution in [3.8, 4) is 0 Å². The molecular weight excluding hydrogens is 232 g/mol. The Morgan fingerprint density at radius 2 is 2.05 bits per heavy atom. The maximum Gasteiger partial charge on any atom is 0.0459 e.